The van der Waals surface area contributed by atoms with Crippen molar-refractivity contribution >= 4 is 11.9 Å². The van der Waals surface area contributed by atoms with Gasteiger partial charge in [0.1, 0.15) is 6.61 Å². The van der Waals surface area contributed by atoms with Gasteiger partial charge < -0.3 is 14.2 Å². The molecule has 1 atom stereocenters. The Morgan fingerprint density at radius 1 is 0.393 bits per heavy atom. The van der Waals surface area contributed by atoms with Gasteiger partial charge in [-0.3, -0.25) is 9.59 Å². The van der Waals surface area contributed by atoms with Crippen molar-refractivity contribution in [3.8, 4) is 0 Å². The van der Waals surface area contributed by atoms with E-state index < -0.39 is 6.10 Å². The average Bonchev–Trinajstić information content (AvgIpc) is 3.20. The number of unbranched alkanes of at least 4 members (excludes halogenated alkanes) is 31. The molecule has 0 heterocycles. The number of hydrogen-bond acceptors (Lipinski definition) is 5. The first-order chi connectivity index (χ1) is 27.6. The normalized spacial score (nSPS) is 12.3. The number of carbonyl (C=O) groups is 2. The molecule has 0 aliphatic carbocycles. The standard InChI is InChI=1S/C51H96O5/c1-4-7-10-13-16-19-22-24-25-26-28-31-34-37-40-43-46-54-47-49(56-51(53)45-42-39-36-33-29-21-18-15-12-9-6-3)48-55-50(52)44-41-38-35-32-30-27-23-20-17-14-11-8-5-2/h11,14,20,23,49H,4-10,12-13,15-19,21-22,24-48H2,1-3H3/b14-11-,23-20-. The molecule has 0 rings (SSSR count). The van der Waals surface area contributed by atoms with Crippen molar-refractivity contribution in [1.82, 2.24) is 0 Å². The number of allylic oxidation sites excluding steroid dienone is 4. The molecule has 0 saturated carbocycles. The molecule has 56 heavy (non-hydrogen) atoms. The van der Waals surface area contributed by atoms with E-state index in [2.05, 4.69) is 45.1 Å². The number of esters is 2. The zero-order chi connectivity index (χ0) is 40.7. The van der Waals surface area contributed by atoms with Gasteiger partial charge in [-0.15, -0.1) is 0 Å². The van der Waals surface area contributed by atoms with E-state index in [0.717, 1.165) is 51.4 Å². The number of carbonyl (C=O) groups excluding carboxylic acids is 2. The van der Waals surface area contributed by atoms with Crippen molar-refractivity contribution in [2.24, 2.45) is 0 Å². The lowest BCUT2D eigenvalue weighted by Gasteiger charge is -2.18. The molecule has 1 unspecified atom stereocenters. The van der Waals surface area contributed by atoms with E-state index in [4.69, 9.17) is 14.2 Å². The van der Waals surface area contributed by atoms with E-state index in [1.54, 1.807) is 0 Å². The zero-order valence-electron chi connectivity index (χ0n) is 37.9. The summed E-state index contributed by atoms with van der Waals surface area (Å²) in [5, 5.41) is 0. The van der Waals surface area contributed by atoms with Gasteiger partial charge in [0.25, 0.3) is 0 Å². The fourth-order valence-electron chi connectivity index (χ4n) is 7.25. The van der Waals surface area contributed by atoms with Crippen molar-refractivity contribution in [3.05, 3.63) is 24.3 Å². The zero-order valence-corrected chi connectivity index (χ0v) is 37.9. The summed E-state index contributed by atoms with van der Waals surface area (Å²) in [6.45, 7) is 7.79. The average molecular weight is 789 g/mol. The third-order valence-electron chi connectivity index (χ3n) is 11.0. The van der Waals surface area contributed by atoms with Crippen molar-refractivity contribution in [1.29, 1.82) is 0 Å². The second-order valence-corrected chi connectivity index (χ2v) is 16.7. The molecule has 0 aliphatic rings. The van der Waals surface area contributed by atoms with Gasteiger partial charge in [0.15, 0.2) is 6.10 Å². The molecule has 0 radical (unpaired) electrons. The minimum absolute atomic E-state index is 0.0851. The van der Waals surface area contributed by atoms with Gasteiger partial charge in [0.2, 0.25) is 0 Å². The predicted octanol–water partition coefficient (Wildman–Crippen LogP) is 16.5. The van der Waals surface area contributed by atoms with Crippen LogP contribution < -0.4 is 0 Å². The monoisotopic (exact) mass is 789 g/mol. The van der Waals surface area contributed by atoms with Crippen LogP contribution in [0.3, 0.4) is 0 Å². The molecule has 0 aromatic rings. The first-order valence-corrected chi connectivity index (χ1v) is 24.9. The smallest absolute Gasteiger partial charge is 0.306 e. The van der Waals surface area contributed by atoms with E-state index in [1.807, 2.05) is 0 Å². The second-order valence-electron chi connectivity index (χ2n) is 16.7. The molecule has 0 aromatic heterocycles. The summed E-state index contributed by atoms with van der Waals surface area (Å²) >= 11 is 0. The Labute approximate surface area is 349 Å². The highest BCUT2D eigenvalue weighted by Gasteiger charge is 2.17. The maximum Gasteiger partial charge on any atom is 0.306 e. The Balaban J connectivity index is 4.21. The largest absolute Gasteiger partial charge is 0.462 e. The van der Waals surface area contributed by atoms with Crippen molar-refractivity contribution in [2.45, 2.75) is 271 Å². The Morgan fingerprint density at radius 3 is 1.25 bits per heavy atom. The molecule has 330 valence electrons. The topological polar surface area (TPSA) is 61.8 Å². The van der Waals surface area contributed by atoms with E-state index in [-0.39, 0.29) is 18.5 Å². The maximum absolute atomic E-state index is 12.7. The van der Waals surface area contributed by atoms with Crippen LogP contribution in [-0.4, -0.2) is 37.9 Å². The van der Waals surface area contributed by atoms with Crippen LogP contribution in [0.4, 0.5) is 0 Å². The molecule has 0 bridgehead atoms. The molecule has 0 spiro atoms. The first kappa shape index (κ1) is 54.4. The molecule has 0 aliphatic heterocycles. The summed E-state index contributed by atoms with van der Waals surface area (Å²) in [5.74, 6) is -0.399. The van der Waals surface area contributed by atoms with Crippen LogP contribution in [0.25, 0.3) is 0 Å². The van der Waals surface area contributed by atoms with E-state index in [1.165, 1.54) is 180 Å². The SMILES string of the molecule is CCC/C=C\C/C=C\CCCCCCCC(=O)OCC(COCCCCCCCCCCCCCCCCCC)OC(=O)CCCCCCCCCCCCC. The molecule has 0 fully saturated rings. The highest BCUT2D eigenvalue weighted by Crippen LogP contribution is 2.16. The molecule has 0 aromatic carbocycles. The highest BCUT2D eigenvalue weighted by atomic mass is 16.6. The fourth-order valence-corrected chi connectivity index (χ4v) is 7.25. The molecular weight excluding hydrogens is 693 g/mol. The van der Waals surface area contributed by atoms with Gasteiger partial charge in [-0.25, -0.2) is 0 Å². The second kappa shape index (κ2) is 47.8. The van der Waals surface area contributed by atoms with Gasteiger partial charge in [0.05, 0.1) is 6.61 Å². The molecule has 5 nitrogen and oxygen atoms in total. The summed E-state index contributed by atoms with van der Waals surface area (Å²) in [6.07, 6.45) is 54.6. The number of hydrogen-bond donors (Lipinski definition) is 0. The van der Waals surface area contributed by atoms with Crippen LogP contribution in [0, 0.1) is 0 Å². The van der Waals surface area contributed by atoms with Crippen LogP contribution in [0.2, 0.25) is 0 Å². The number of rotatable bonds is 46. The highest BCUT2D eigenvalue weighted by molar-refractivity contribution is 5.70. The summed E-state index contributed by atoms with van der Waals surface area (Å²) in [5.41, 5.74) is 0. The van der Waals surface area contributed by atoms with Crippen LogP contribution in [-0.2, 0) is 23.8 Å². The summed E-state index contributed by atoms with van der Waals surface area (Å²) in [6, 6.07) is 0. The lowest BCUT2D eigenvalue weighted by Crippen LogP contribution is -2.30. The quantitative estimate of drug-likeness (QED) is 0.0349. The minimum Gasteiger partial charge on any atom is -0.462 e. The van der Waals surface area contributed by atoms with E-state index >= 15 is 0 Å². The number of ether oxygens (including phenoxy) is 3. The van der Waals surface area contributed by atoms with E-state index in [0.29, 0.717) is 26.1 Å². The minimum atomic E-state index is -0.532. The van der Waals surface area contributed by atoms with Gasteiger partial charge in [-0.05, 0) is 44.9 Å². The predicted molar refractivity (Wildman–Crippen MR) is 242 cm³/mol. The third-order valence-corrected chi connectivity index (χ3v) is 11.0. The van der Waals surface area contributed by atoms with Crippen LogP contribution >= 0.6 is 0 Å². The fraction of sp³-hybridized carbons (Fsp3) is 0.882. The Kier molecular flexibility index (Phi) is 46.4. The molecule has 5 heteroatoms. The molecular formula is C51H96O5. The first-order valence-electron chi connectivity index (χ1n) is 24.9. The Hall–Kier alpha value is -1.62. The van der Waals surface area contributed by atoms with Gasteiger partial charge in [-0.1, -0.05) is 231 Å². The van der Waals surface area contributed by atoms with Gasteiger partial charge in [0, 0.05) is 19.4 Å². The molecule has 0 N–H and O–H groups in total. The van der Waals surface area contributed by atoms with E-state index in [9.17, 15) is 9.59 Å². The van der Waals surface area contributed by atoms with Gasteiger partial charge in [-0.2, -0.15) is 0 Å². The summed E-state index contributed by atoms with van der Waals surface area (Å²) in [7, 11) is 0. The maximum atomic E-state index is 12.7. The third kappa shape index (κ3) is 45.1. The van der Waals surface area contributed by atoms with Crippen LogP contribution in [0.1, 0.15) is 265 Å². The summed E-state index contributed by atoms with van der Waals surface area (Å²) in [4.78, 5) is 25.3. The van der Waals surface area contributed by atoms with Gasteiger partial charge >= 0.3 is 11.9 Å². The lowest BCUT2D eigenvalue weighted by atomic mass is 10.0. The summed E-state index contributed by atoms with van der Waals surface area (Å²) < 4.78 is 17.4. The van der Waals surface area contributed by atoms with Crippen molar-refractivity contribution in [3.63, 3.8) is 0 Å². The van der Waals surface area contributed by atoms with Crippen molar-refractivity contribution < 1.29 is 23.8 Å². The molecule has 0 saturated heterocycles. The van der Waals surface area contributed by atoms with Crippen molar-refractivity contribution in [2.75, 3.05) is 19.8 Å². The Morgan fingerprint density at radius 2 is 0.786 bits per heavy atom. The van der Waals surface area contributed by atoms with Crippen LogP contribution in [0.15, 0.2) is 24.3 Å². The Bertz CT molecular complexity index is 851. The van der Waals surface area contributed by atoms with Crippen LogP contribution in [0.5, 0.6) is 0 Å². The lowest BCUT2D eigenvalue weighted by molar-refractivity contribution is -0.163. The molecule has 0 amide bonds.